The molecular weight excluding hydrogens is 278 g/mol. The molecule has 4 heteroatoms. The van der Waals surface area contributed by atoms with Crippen LogP contribution in [-0.2, 0) is 11.2 Å². The molecule has 0 spiro atoms. The van der Waals surface area contributed by atoms with E-state index in [0.29, 0.717) is 18.4 Å². The molecule has 120 valence electrons. The minimum absolute atomic E-state index is 0.163. The zero-order valence-electron chi connectivity index (χ0n) is 13.5. The van der Waals surface area contributed by atoms with Gasteiger partial charge in [0.25, 0.3) is 5.91 Å². The maximum atomic E-state index is 11.3. The van der Waals surface area contributed by atoms with Gasteiger partial charge < -0.3 is 4.74 Å². The van der Waals surface area contributed by atoms with Gasteiger partial charge >= 0.3 is 0 Å². The van der Waals surface area contributed by atoms with Gasteiger partial charge in [-0.1, -0.05) is 26.0 Å². The molecule has 1 aromatic carbocycles. The number of nitrogens with zero attached hydrogens (tertiary/aromatic N) is 1. The van der Waals surface area contributed by atoms with E-state index in [1.807, 2.05) is 12.1 Å². The van der Waals surface area contributed by atoms with Crippen molar-refractivity contribution in [3.05, 3.63) is 34.7 Å². The van der Waals surface area contributed by atoms with E-state index in [2.05, 4.69) is 31.2 Å². The lowest BCUT2D eigenvalue weighted by Crippen LogP contribution is -2.23. The van der Waals surface area contributed by atoms with Crippen LogP contribution in [-0.4, -0.2) is 12.5 Å². The molecule has 0 bridgehead atoms. The van der Waals surface area contributed by atoms with E-state index < -0.39 is 5.91 Å². The van der Waals surface area contributed by atoms with Crippen molar-refractivity contribution in [2.45, 2.75) is 46.0 Å². The molecular formula is C18H25NO3. The summed E-state index contributed by atoms with van der Waals surface area (Å²) in [6.45, 7) is 5.11. The summed E-state index contributed by atoms with van der Waals surface area (Å²) < 4.78 is 5.86. The Kier molecular flexibility index (Phi) is 6.10. The number of carbonyl (C=O) groups is 1. The molecule has 0 radical (unpaired) electrons. The zero-order chi connectivity index (χ0) is 15.9. The third-order valence-corrected chi connectivity index (χ3v) is 4.34. The molecule has 4 nitrogen and oxygen atoms in total. The van der Waals surface area contributed by atoms with Crippen LogP contribution in [0.3, 0.4) is 0 Å². The molecule has 0 aromatic heterocycles. The standard InChI is InChI=1S/C18H25NO3/c1-13(2)11-14-5-9-17(10-6-14)22-12-15-3-7-16(8-4-15)18(20)19-21/h5-6,9-10,13,15-16H,3-4,7-8,11-12H2,1-2H3. The lowest BCUT2D eigenvalue weighted by Gasteiger charge is -2.26. The number of ether oxygens (including phenoxy) is 1. The third kappa shape index (κ3) is 4.93. The molecule has 1 saturated carbocycles. The summed E-state index contributed by atoms with van der Waals surface area (Å²) in [4.78, 5) is 21.5. The largest absolute Gasteiger partial charge is 0.493 e. The van der Waals surface area contributed by atoms with Crippen molar-refractivity contribution in [3.63, 3.8) is 0 Å². The highest BCUT2D eigenvalue weighted by Gasteiger charge is 2.27. The quantitative estimate of drug-likeness (QED) is 0.733. The maximum absolute atomic E-state index is 11.3. The highest BCUT2D eigenvalue weighted by molar-refractivity contribution is 5.79. The second kappa shape index (κ2) is 8.06. The average molecular weight is 303 g/mol. The fraction of sp³-hybridized carbons (Fsp3) is 0.611. The molecule has 0 saturated heterocycles. The summed E-state index contributed by atoms with van der Waals surface area (Å²) in [7, 11) is 0. The van der Waals surface area contributed by atoms with Gasteiger partial charge in [0, 0.05) is 11.1 Å². The molecule has 1 fully saturated rings. The van der Waals surface area contributed by atoms with Crippen molar-refractivity contribution in [3.8, 4) is 5.75 Å². The van der Waals surface area contributed by atoms with Crippen molar-refractivity contribution < 1.29 is 9.53 Å². The van der Waals surface area contributed by atoms with Gasteiger partial charge in [0.1, 0.15) is 5.75 Å². The van der Waals surface area contributed by atoms with Crippen LogP contribution in [0.15, 0.2) is 29.4 Å². The van der Waals surface area contributed by atoms with Crippen molar-refractivity contribution in [1.82, 2.24) is 0 Å². The predicted octanol–water partition coefficient (Wildman–Crippen LogP) is 4.36. The van der Waals surface area contributed by atoms with Gasteiger partial charge in [0.2, 0.25) is 0 Å². The zero-order valence-corrected chi connectivity index (χ0v) is 13.5. The van der Waals surface area contributed by atoms with Crippen LogP contribution in [0.2, 0.25) is 0 Å². The SMILES string of the molecule is CC(C)Cc1ccc(OCC2CCC(C(=O)N=O)CC2)cc1. The Morgan fingerprint density at radius 3 is 2.36 bits per heavy atom. The highest BCUT2D eigenvalue weighted by atomic mass is 16.5. The second-order valence-corrected chi connectivity index (χ2v) is 6.70. The summed E-state index contributed by atoms with van der Waals surface area (Å²) in [5, 5.41) is 2.54. The first-order valence-electron chi connectivity index (χ1n) is 8.17. The topological polar surface area (TPSA) is 55.7 Å². The lowest BCUT2D eigenvalue weighted by atomic mass is 9.82. The first-order chi connectivity index (χ1) is 10.6. The number of benzene rings is 1. The van der Waals surface area contributed by atoms with Crippen LogP contribution >= 0.6 is 0 Å². The molecule has 1 aliphatic carbocycles. The van der Waals surface area contributed by atoms with E-state index in [9.17, 15) is 9.70 Å². The van der Waals surface area contributed by atoms with Crippen LogP contribution in [0.5, 0.6) is 5.75 Å². The van der Waals surface area contributed by atoms with Crippen molar-refractivity contribution >= 4 is 5.91 Å². The fourth-order valence-corrected chi connectivity index (χ4v) is 3.06. The van der Waals surface area contributed by atoms with Crippen LogP contribution in [0.1, 0.15) is 45.1 Å². The minimum Gasteiger partial charge on any atom is -0.493 e. The summed E-state index contributed by atoms with van der Waals surface area (Å²) in [5.74, 6) is 1.38. The maximum Gasteiger partial charge on any atom is 0.289 e. The van der Waals surface area contributed by atoms with E-state index >= 15 is 0 Å². The van der Waals surface area contributed by atoms with Gasteiger partial charge in [0.15, 0.2) is 0 Å². The molecule has 2 rings (SSSR count). The van der Waals surface area contributed by atoms with Gasteiger partial charge in [-0.05, 0) is 61.6 Å². The summed E-state index contributed by atoms with van der Waals surface area (Å²) in [5.41, 5.74) is 1.34. The van der Waals surface area contributed by atoms with Crippen LogP contribution < -0.4 is 4.74 Å². The number of rotatable bonds is 6. The monoisotopic (exact) mass is 303 g/mol. The van der Waals surface area contributed by atoms with Crippen molar-refractivity contribution in [2.24, 2.45) is 22.9 Å². The van der Waals surface area contributed by atoms with E-state index in [0.717, 1.165) is 37.9 Å². The van der Waals surface area contributed by atoms with Gasteiger partial charge in [-0.15, -0.1) is 4.91 Å². The molecule has 22 heavy (non-hydrogen) atoms. The van der Waals surface area contributed by atoms with Crippen molar-refractivity contribution in [1.29, 1.82) is 0 Å². The molecule has 0 unspecified atom stereocenters. The highest BCUT2D eigenvalue weighted by Crippen LogP contribution is 2.30. The van der Waals surface area contributed by atoms with Gasteiger partial charge in [-0.25, -0.2) is 0 Å². The Morgan fingerprint density at radius 2 is 1.82 bits per heavy atom. The number of amides is 1. The Morgan fingerprint density at radius 1 is 1.18 bits per heavy atom. The Bertz CT molecular complexity index is 488. The Hall–Kier alpha value is -1.71. The van der Waals surface area contributed by atoms with Gasteiger partial charge in [-0.2, -0.15) is 0 Å². The number of nitroso groups, excluding NO2 is 1. The van der Waals surface area contributed by atoms with Crippen LogP contribution in [0, 0.1) is 22.7 Å². The van der Waals surface area contributed by atoms with Crippen molar-refractivity contribution in [2.75, 3.05) is 6.61 Å². The molecule has 1 aromatic rings. The Balaban J connectivity index is 1.74. The van der Waals surface area contributed by atoms with Crippen LogP contribution in [0.4, 0.5) is 0 Å². The van der Waals surface area contributed by atoms with Gasteiger partial charge in [-0.3, -0.25) is 4.79 Å². The minimum atomic E-state index is -0.486. The lowest BCUT2D eigenvalue weighted by molar-refractivity contribution is -0.122. The van der Waals surface area contributed by atoms with E-state index in [-0.39, 0.29) is 5.92 Å². The average Bonchev–Trinajstić information content (AvgIpc) is 2.53. The molecule has 0 heterocycles. The second-order valence-electron chi connectivity index (χ2n) is 6.70. The summed E-state index contributed by atoms with van der Waals surface area (Å²) in [6, 6.07) is 8.31. The first kappa shape index (κ1) is 16.7. The fourth-order valence-electron chi connectivity index (χ4n) is 3.06. The summed E-state index contributed by atoms with van der Waals surface area (Å²) >= 11 is 0. The van der Waals surface area contributed by atoms with E-state index in [1.165, 1.54) is 5.56 Å². The number of carbonyl (C=O) groups excluding carboxylic acids is 1. The predicted molar refractivity (Wildman–Crippen MR) is 86.7 cm³/mol. The van der Waals surface area contributed by atoms with E-state index in [1.54, 1.807) is 0 Å². The molecule has 0 aliphatic heterocycles. The normalized spacial score (nSPS) is 21.6. The van der Waals surface area contributed by atoms with Gasteiger partial charge in [0.05, 0.1) is 6.61 Å². The first-order valence-corrected chi connectivity index (χ1v) is 8.17. The molecule has 1 aliphatic rings. The summed E-state index contributed by atoms with van der Waals surface area (Å²) in [6.07, 6.45) is 4.45. The molecule has 1 amide bonds. The van der Waals surface area contributed by atoms with Crippen LogP contribution in [0.25, 0.3) is 0 Å². The molecule has 0 atom stereocenters. The Labute approximate surface area is 132 Å². The van der Waals surface area contributed by atoms with E-state index in [4.69, 9.17) is 4.74 Å². The smallest absolute Gasteiger partial charge is 0.289 e. The third-order valence-electron chi connectivity index (χ3n) is 4.34. The number of hydrogen-bond donors (Lipinski definition) is 0. The number of hydrogen-bond acceptors (Lipinski definition) is 3. The molecule has 0 N–H and O–H groups in total.